The van der Waals surface area contributed by atoms with E-state index < -0.39 is 5.41 Å². The molecule has 0 aliphatic rings. The molecule has 0 bridgehead atoms. The van der Waals surface area contributed by atoms with Gasteiger partial charge in [-0.1, -0.05) is 30.3 Å². The van der Waals surface area contributed by atoms with Crippen LogP contribution in [0.2, 0.25) is 0 Å². The first-order valence-electron chi connectivity index (χ1n) is 5.91. The third-order valence-corrected chi connectivity index (χ3v) is 3.91. The van der Waals surface area contributed by atoms with Crippen molar-refractivity contribution < 1.29 is 10.2 Å². The van der Waals surface area contributed by atoms with Gasteiger partial charge in [0.1, 0.15) is 0 Å². The Morgan fingerprint density at radius 1 is 1.06 bits per heavy atom. The number of aliphatic hydroxyl groups is 2. The van der Waals surface area contributed by atoms with E-state index in [0.29, 0.717) is 12.8 Å². The SMILES string of the molecule is OCC(CO)(Cc1ccccc1)Cc1cncs1. The number of hydrogen-bond donors (Lipinski definition) is 2. The van der Waals surface area contributed by atoms with Crippen LogP contribution in [0, 0.1) is 5.41 Å². The average Bonchev–Trinajstić information content (AvgIpc) is 2.92. The molecule has 4 heteroatoms. The monoisotopic (exact) mass is 263 g/mol. The molecule has 0 fully saturated rings. The molecule has 96 valence electrons. The van der Waals surface area contributed by atoms with Gasteiger partial charge in [0.15, 0.2) is 0 Å². The fourth-order valence-electron chi connectivity index (χ4n) is 2.06. The standard InChI is InChI=1S/C14H17NO2S/c16-9-14(10-17,7-13-8-15-11-18-13)6-12-4-2-1-3-5-12/h1-5,8,11,16-17H,6-7,9-10H2. The Hall–Kier alpha value is -1.23. The summed E-state index contributed by atoms with van der Waals surface area (Å²) in [6.07, 6.45) is 3.12. The normalized spacial score (nSPS) is 11.7. The van der Waals surface area contributed by atoms with Crippen LogP contribution in [-0.2, 0) is 12.8 Å². The average molecular weight is 263 g/mol. The minimum Gasteiger partial charge on any atom is -0.396 e. The first-order valence-corrected chi connectivity index (χ1v) is 6.79. The summed E-state index contributed by atoms with van der Waals surface area (Å²) in [5.74, 6) is 0. The van der Waals surface area contributed by atoms with E-state index in [1.807, 2.05) is 30.3 Å². The van der Waals surface area contributed by atoms with Gasteiger partial charge in [-0.2, -0.15) is 0 Å². The molecule has 0 saturated carbocycles. The molecule has 0 aliphatic heterocycles. The first kappa shape index (κ1) is 13.2. The van der Waals surface area contributed by atoms with Gasteiger partial charge in [-0.3, -0.25) is 4.98 Å². The molecule has 0 unspecified atom stereocenters. The van der Waals surface area contributed by atoms with Gasteiger partial charge in [0.25, 0.3) is 0 Å². The predicted octanol–water partition coefficient (Wildman–Crippen LogP) is 1.90. The molecule has 2 rings (SSSR count). The van der Waals surface area contributed by atoms with E-state index in [0.717, 1.165) is 10.4 Å². The van der Waals surface area contributed by atoms with Gasteiger partial charge in [-0.25, -0.2) is 0 Å². The quantitative estimate of drug-likeness (QED) is 0.837. The summed E-state index contributed by atoms with van der Waals surface area (Å²) in [5.41, 5.74) is 2.40. The summed E-state index contributed by atoms with van der Waals surface area (Å²) < 4.78 is 0. The van der Waals surface area contributed by atoms with Crippen molar-refractivity contribution in [3.63, 3.8) is 0 Å². The number of rotatable bonds is 6. The first-order chi connectivity index (χ1) is 8.78. The second-order valence-corrected chi connectivity index (χ2v) is 5.59. The largest absolute Gasteiger partial charge is 0.396 e. The molecule has 1 aromatic carbocycles. The fourth-order valence-corrected chi connectivity index (χ4v) is 2.83. The number of benzene rings is 1. The zero-order valence-electron chi connectivity index (χ0n) is 10.1. The summed E-state index contributed by atoms with van der Waals surface area (Å²) in [6.45, 7) is -0.0629. The Morgan fingerprint density at radius 3 is 2.33 bits per heavy atom. The van der Waals surface area contributed by atoms with Crippen molar-refractivity contribution >= 4 is 11.3 Å². The molecule has 0 spiro atoms. The highest BCUT2D eigenvalue weighted by atomic mass is 32.1. The van der Waals surface area contributed by atoms with Crippen LogP contribution in [0.1, 0.15) is 10.4 Å². The Labute approximate surface area is 111 Å². The van der Waals surface area contributed by atoms with Crippen LogP contribution in [0.4, 0.5) is 0 Å². The lowest BCUT2D eigenvalue weighted by molar-refractivity contribution is 0.0554. The van der Waals surface area contributed by atoms with E-state index in [1.165, 1.54) is 0 Å². The van der Waals surface area contributed by atoms with E-state index in [1.54, 1.807) is 23.0 Å². The van der Waals surface area contributed by atoms with Crippen LogP contribution < -0.4 is 0 Å². The van der Waals surface area contributed by atoms with Gasteiger partial charge in [-0.05, 0) is 18.4 Å². The van der Waals surface area contributed by atoms with Crippen molar-refractivity contribution in [2.24, 2.45) is 5.41 Å². The molecule has 18 heavy (non-hydrogen) atoms. The Morgan fingerprint density at radius 2 is 1.78 bits per heavy atom. The lowest BCUT2D eigenvalue weighted by atomic mass is 9.80. The molecular formula is C14H17NO2S. The number of aromatic nitrogens is 1. The topological polar surface area (TPSA) is 53.4 Å². The van der Waals surface area contributed by atoms with Crippen LogP contribution in [0.5, 0.6) is 0 Å². The second kappa shape index (κ2) is 6.09. The van der Waals surface area contributed by atoms with Crippen molar-refractivity contribution in [1.29, 1.82) is 0 Å². The molecule has 1 aromatic heterocycles. The van der Waals surface area contributed by atoms with Crippen LogP contribution in [0.3, 0.4) is 0 Å². The van der Waals surface area contributed by atoms with E-state index >= 15 is 0 Å². The van der Waals surface area contributed by atoms with Crippen LogP contribution in [0.15, 0.2) is 42.0 Å². The number of thiazole rings is 1. The van der Waals surface area contributed by atoms with Gasteiger partial charge in [0.2, 0.25) is 0 Å². The molecular weight excluding hydrogens is 246 g/mol. The van der Waals surface area contributed by atoms with E-state index in [9.17, 15) is 10.2 Å². The molecule has 0 aliphatic carbocycles. The van der Waals surface area contributed by atoms with Crippen molar-refractivity contribution in [2.45, 2.75) is 12.8 Å². The number of hydrogen-bond acceptors (Lipinski definition) is 4. The Bertz CT molecular complexity index is 452. The predicted molar refractivity (Wildman–Crippen MR) is 72.6 cm³/mol. The van der Waals surface area contributed by atoms with Crippen molar-refractivity contribution in [2.75, 3.05) is 13.2 Å². The zero-order valence-corrected chi connectivity index (χ0v) is 10.9. The second-order valence-electron chi connectivity index (χ2n) is 4.62. The maximum atomic E-state index is 9.66. The van der Waals surface area contributed by atoms with Crippen molar-refractivity contribution in [3.8, 4) is 0 Å². The third kappa shape index (κ3) is 3.16. The lowest BCUT2D eigenvalue weighted by Crippen LogP contribution is -2.34. The van der Waals surface area contributed by atoms with Gasteiger partial charge < -0.3 is 10.2 Å². The molecule has 2 aromatic rings. The molecule has 2 N–H and O–H groups in total. The molecule has 0 amide bonds. The highest BCUT2D eigenvalue weighted by Gasteiger charge is 2.30. The van der Waals surface area contributed by atoms with Crippen molar-refractivity contribution in [3.05, 3.63) is 52.5 Å². The summed E-state index contributed by atoms with van der Waals surface area (Å²) in [5, 5.41) is 19.3. The van der Waals surface area contributed by atoms with Gasteiger partial charge in [-0.15, -0.1) is 11.3 Å². The summed E-state index contributed by atoms with van der Waals surface area (Å²) in [6, 6.07) is 9.95. The smallest absolute Gasteiger partial charge is 0.0794 e. The van der Waals surface area contributed by atoms with E-state index in [4.69, 9.17) is 0 Å². The third-order valence-electron chi connectivity index (χ3n) is 3.13. The highest BCUT2D eigenvalue weighted by Crippen LogP contribution is 2.28. The lowest BCUT2D eigenvalue weighted by Gasteiger charge is -2.29. The van der Waals surface area contributed by atoms with E-state index in [2.05, 4.69) is 4.98 Å². The molecule has 1 heterocycles. The molecule has 0 atom stereocenters. The highest BCUT2D eigenvalue weighted by molar-refractivity contribution is 7.09. The minimum atomic E-state index is -0.506. The summed E-state index contributed by atoms with van der Waals surface area (Å²) in [4.78, 5) is 5.13. The minimum absolute atomic E-state index is 0.0315. The van der Waals surface area contributed by atoms with Gasteiger partial charge in [0, 0.05) is 16.5 Å². The van der Waals surface area contributed by atoms with Gasteiger partial charge in [0.05, 0.1) is 18.7 Å². The maximum absolute atomic E-state index is 9.66. The fraction of sp³-hybridized carbons (Fsp3) is 0.357. The summed E-state index contributed by atoms with van der Waals surface area (Å²) in [7, 11) is 0. The van der Waals surface area contributed by atoms with Crippen molar-refractivity contribution in [1.82, 2.24) is 4.98 Å². The Kier molecular flexibility index (Phi) is 4.47. The maximum Gasteiger partial charge on any atom is 0.0794 e. The van der Waals surface area contributed by atoms with Crippen LogP contribution >= 0.6 is 11.3 Å². The zero-order chi connectivity index (χ0) is 12.8. The van der Waals surface area contributed by atoms with E-state index in [-0.39, 0.29) is 13.2 Å². The number of nitrogens with zero attached hydrogens (tertiary/aromatic N) is 1. The Balaban J connectivity index is 2.16. The summed E-state index contributed by atoms with van der Waals surface area (Å²) >= 11 is 1.56. The molecule has 3 nitrogen and oxygen atoms in total. The van der Waals surface area contributed by atoms with Crippen LogP contribution in [-0.4, -0.2) is 28.4 Å². The van der Waals surface area contributed by atoms with Crippen LogP contribution in [0.25, 0.3) is 0 Å². The molecule has 0 radical (unpaired) electrons. The van der Waals surface area contributed by atoms with Gasteiger partial charge >= 0.3 is 0 Å². The molecule has 0 saturated heterocycles. The number of aliphatic hydroxyl groups excluding tert-OH is 2.